The van der Waals surface area contributed by atoms with Crippen LogP contribution in [0.4, 0.5) is 0 Å². The summed E-state index contributed by atoms with van der Waals surface area (Å²) in [6.45, 7) is 14.2. The first-order chi connectivity index (χ1) is 7.76. The quantitative estimate of drug-likeness (QED) is 0.727. The molecule has 1 aromatic carbocycles. The van der Waals surface area contributed by atoms with Gasteiger partial charge in [-0.1, -0.05) is 52.8 Å². The van der Waals surface area contributed by atoms with E-state index < -0.39 is 0 Å². The number of benzene rings is 1. The van der Waals surface area contributed by atoms with Gasteiger partial charge in [-0.05, 0) is 35.8 Å². The fourth-order valence-corrected chi connectivity index (χ4v) is 2.73. The van der Waals surface area contributed by atoms with E-state index in [0.29, 0.717) is 5.41 Å². The molecule has 0 unspecified atom stereocenters. The monoisotopic (exact) mass is 234 g/mol. The van der Waals surface area contributed by atoms with Crippen LogP contribution in [0.2, 0.25) is 0 Å². The highest BCUT2D eigenvalue weighted by molar-refractivity contribution is 5.39. The predicted octanol–water partition coefficient (Wildman–Crippen LogP) is 4.80. The molecule has 17 heavy (non-hydrogen) atoms. The predicted molar refractivity (Wildman–Crippen MR) is 74.7 cm³/mol. The van der Waals surface area contributed by atoms with Crippen molar-refractivity contribution in [3.63, 3.8) is 0 Å². The molecule has 0 aromatic heterocycles. The zero-order valence-electron chi connectivity index (χ0n) is 12.1. The molecule has 0 aliphatic carbocycles. The lowest BCUT2D eigenvalue weighted by Gasteiger charge is -2.34. The highest BCUT2D eigenvalue weighted by atomic mass is 16.5. The molecule has 1 rings (SSSR count). The minimum Gasteiger partial charge on any atom is -0.494 e. The van der Waals surface area contributed by atoms with E-state index in [1.807, 2.05) is 13.0 Å². The molecule has 96 valence electrons. The van der Waals surface area contributed by atoms with E-state index in [0.717, 1.165) is 18.8 Å². The maximum atomic E-state index is 5.74. The summed E-state index contributed by atoms with van der Waals surface area (Å²) >= 11 is 0. The molecule has 0 amide bonds. The van der Waals surface area contributed by atoms with E-state index in [-0.39, 0.29) is 5.41 Å². The van der Waals surface area contributed by atoms with Gasteiger partial charge in [0.25, 0.3) is 0 Å². The molecule has 0 radical (unpaired) electrons. The van der Waals surface area contributed by atoms with Gasteiger partial charge in [0.15, 0.2) is 0 Å². The highest BCUT2D eigenvalue weighted by Crippen LogP contribution is 2.40. The zero-order valence-corrected chi connectivity index (χ0v) is 12.1. The molecule has 0 saturated carbocycles. The van der Waals surface area contributed by atoms with Crippen LogP contribution in [-0.2, 0) is 5.41 Å². The Morgan fingerprint density at radius 2 is 1.59 bits per heavy atom. The molecule has 0 fully saturated rings. The first-order valence-electron chi connectivity index (χ1n) is 6.48. The summed E-state index contributed by atoms with van der Waals surface area (Å²) in [5.74, 6) is 1.03. The number of rotatable bonds is 4. The minimum absolute atomic E-state index is 0.143. The Balaban J connectivity index is 3.05. The van der Waals surface area contributed by atoms with Crippen molar-refractivity contribution < 1.29 is 4.74 Å². The zero-order chi connectivity index (χ0) is 13.1. The van der Waals surface area contributed by atoms with Crippen molar-refractivity contribution in [3.05, 3.63) is 29.8 Å². The first kappa shape index (κ1) is 14.1. The molecule has 0 N–H and O–H groups in total. The molecule has 0 bridgehead atoms. The molecular formula is C16H26O. The van der Waals surface area contributed by atoms with E-state index >= 15 is 0 Å². The van der Waals surface area contributed by atoms with Crippen LogP contribution < -0.4 is 4.74 Å². The number of ether oxygens (including phenoxy) is 1. The van der Waals surface area contributed by atoms with Crippen molar-refractivity contribution in [1.29, 1.82) is 0 Å². The van der Waals surface area contributed by atoms with Crippen LogP contribution in [0, 0.1) is 5.41 Å². The average molecular weight is 234 g/mol. The van der Waals surface area contributed by atoms with Crippen molar-refractivity contribution in [2.24, 2.45) is 5.41 Å². The van der Waals surface area contributed by atoms with Crippen LogP contribution in [0.3, 0.4) is 0 Å². The molecule has 0 spiro atoms. The topological polar surface area (TPSA) is 9.23 Å². The molecular weight excluding hydrogens is 208 g/mol. The summed E-state index contributed by atoms with van der Waals surface area (Å²) in [5, 5.41) is 0. The van der Waals surface area contributed by atoms with Crippen LogP contribution in [-0.4, -0.2) is 6.61 Å². The Bertz CT molecular complexity index is 358. The molecule has 0 saturated heterocycles. The minimum atomic E-state index is 0.143. The van der Waals surface area contributed by atoms with Gasteiger partial charge in [0.05, 0.1) is 6.61 Å². The Hall–Kier alpha value is -0.980. The molecule has 0 aliphatic rings. The number of hydrogen-bond acceptors (Lipinski definition) is 1. The lowest BCUT2D eigenvalue weighted by molar-refractivity contribution is 0.270. The SMILES string of the molecule is CCOc1ccccc1C(C)(C)CC(C)(C)C. The molecule has 0 aliphatic heterocycles. The molecule has 1 heteroatoms. The lowest BCUT2D eigenvalue weighted by atomic mass is 9.72. The first-order valence-corrected chi connectivity index (χ1v) is 6.48. The second-order valence-corrected chi connectivity index (χ2v) is 6.55. The Morgan fingerprint density at radius 3 is 2.12 bits per heavy atom. The van der Waals surface area contributed by atoms with E-state index in [1.54, 1.807) is 0 Å². The Labute approximate surface area is 106 Å². The van der Waals surface area contributed by atoms with Crippen molar-refractivity contribution in [3.8, 4) is 5.75 Å². The van der Waals surface area contributed by atoms with Gasteiger partial charge < -0.3 is 4.74 Å². The summed E-state index contributed by atoms with van der Waals surface area (Å²) in [4.78, 5) is 0. The molecule has 1 nitrogen and oxygen atoms in total. The van der Waals surface area contributed by atoms with E-state index in [1.165, 1.54) is 5.56 Å². The lowest BCUT2D eigenvalue weighted by Crippen LogP contribution is -2.25. The maximum absolute atomic E-state index is 5.74. The summed E-state index contributed by atoms with van der Waals surface area (Å²) in [5.41, 5.74) is 1.78. The standard InChI is InChI=1S/C16H26O/c1-7-17-14-11-9-8-10-13(14)16(5,6)12-15(2,3)4/h8-11H,7,12H2,1-6H3. The number of hydrogen-bond donors (Lipinski definition) is 0. The average Bonchev–Trinajstić information content (AvgIpc) is 2.15. The fourth-order valence-electron chi connectivity index (χ4n) is 2.73. The van der Waals surface area contributed by atoms with Gasteiger partial charge >= 0.3 is 0 Å². The van der Waals surface area contributed by atoms with Crippen molar-refractivity contribution >= 4 is 0 Å². The summed E-state index contributed by atoms with van der Waals surface area (Å²) in [7, 11) is 0. The molecule has 0 atom stereocenters. The van der Waals surface area contributed by atoms with E-state index in [2.05, 4.69) is 52.8 Å². The third kappa shape index (κ3) is 4.07. The second kappa shape index (κ2) is 5.12. The van der Waals surface area contributed by atoms with Crippen molar-refractivity contribution in [1.82, 2.24) is 0 Å². The summed E-state index contributed by atoms with van der Waals surface area (Å²) < 4.78 is 5.74. The Kier molecular flexibility index (Phi) is 4.24. The van der Waals surface area contributed by atoms with Gasteiger partial charge in [-0.3, -0.25) is 0 Å². The van der Waals surface area contributed by atoms with Crippen LogP contribution >= 0.6 is 0 Å². The third-order valence-corrected chi connectivity index (χ3v) is 2.89. The third-order valence-electron chi connectivity index (χ3n) is 2.89. The van der Waals surface area contributed by atoms with E-state index in [9.17, 15) is 0 Å². The van der Waals surface area contributed by atoms with Gasteiger partial charge in [-0.2, -0.15) is 0 Å². The van der Waals surface area contributed by atoms with Gasteiger partial charge in [0.2, 0.25) is 0 Å². The van der Waals surface area contributed by atoms with Gasteiger partial charge in [0, 0.05) is 0 Å². The highest BCUT2D eigenvalue weighted by Gasteiger charge is 2.29. The van der Waals surface area contributed by atoms with Crippen molar-refractivity contribution in [2.75, 3.05) is 6.61 Å². The normalized spacial score (nSPS) is 12.6. The van der Waals surface area contributed by atoms with Crippen LogP contribution in [0.5, 0.6) is 5.75 Å². The van der Waals surface area contributed by atoms with Crippen LogP contribution in [0.25, 0.3) is 0 Å². The Morgan fingerprint density at radius 1 is 1.00 bits per heavy atom. The van der Waals surface area contributed by atoms with Gasteiger partial charge in [-0.15, -0.1) is 0 Å². The van der Waals surface area contributed by atoms with Gasteiger partial charge in [0.1, 0.15) is 5.75 Å². The largest absolute Gasteiger partial charge is 0.494 e. The van der Waals surface area contributed by atoms with Gasteiger partial charge in [-0.25, -0.2) is 0 Å². The maximum Gasteiger partial charge on any atom is 0.123 e. The molecule has 1 aromatic rings. The van der Waals surface area contributed by atoms with Crippen LogP contribution in [0.15, 0.2) is 24.3 Å². The van der Waals surface area contributed by atoms with Crippen LogP contribution in [0.1, 0.15) is 53.5 Å². The van der Waals surface area contributed by atoms with E-state index in [4.69, 9.17) is 4.74 Å². The smallest absolute Gasteiger partial charge is 0.123 e. The number of para-hydroxylation sites is 1. The summed E-state index contributed by atoms with van der Waals surface area (Å²) in [6, 6.07) is 8.41. The fraction of sp³-hybridized carbons (Fsp3) is 0.625. The summed E-state index contributed by atoms with van der Waals surface area (Å²) in [6.07, 6.45) is 1.14. The second-order valence-electron chi connectivity index (χ2n) is 6.55. The van der Waals surface area contributed by atoms with Crippen molar-refractivity contribution in [2.45, 2.75) is 53.4 Å². The molecule has 0 heterocycles.